The first-order chi connectivity index (χ1) is 15.2. The summed E-state index contributed by atoms with van der Waals surface area (Å²) >= 11 is 3.05. The molecule has 9 heteroatoms. The minimum absolute atomic E-state index is 0.350. The molecule has 0 saturated carbocycles. The van der Waals surface area contributed by atoms with E-state index in [1.165, 1.54) is 37.3 Å². The number of benzene rings is 2. The molecule has 3 rings (SSSR count). The highest BCUT2D eigenvalue weighted by atomic mass is 32.2. The first-order valence-corrected chi connectivity index (χ1v) is 11.7. The van der Waals surface area contributed by atoms with Crippen molar-refractivity contribution in [2.24, 2.45) is 0 Å². The first-order valence-electron chi connectivity index (χ1n) is 10.0. The average molecular weight is 496 g/mol. The van der Waals surface area contributed by atoms with E-state index >= 15 is 0 Å². The third-order valence-electron chi connectivity index (χ3n) is 4.96. The van der Waals surface area contributed by atoms with Crippen LogP contribution in [0.5, 0.6) is 5.75 Å². The van der Waals surface area contributed by atoms with Crippen molar-refractivity contribution >= 4 is 29.1 Å². The molecule has 0 amide bonds. The van der Waals surface area contributed by atoms with Crippen LogP contribution in [0.15, 0.2) is 53.6 Å². The molecule has 3 aromatic rings. The molecule has 0 aliphatic heterocycles. The molecule has 0 unspecified atom stereocenters. The van der Waals surface area contributed by atoms with Crippen molar-refractivity contribution in [1.82, 2.24) is 4.98 Å². The van der Waals surface area contributed by atoms with Crippen LogP contribution >= 0.6 is 23.1 Å². The number of alkyl halides is 3. The number of carbonyl (C=O) groups is 1. The molecule has 0 fully saturated rings. The summed E-state index contributed by atoms with van der Waals surface area (Å²) in [7, 11) is 0. The van der Waals surface area contributed by atoms with Gasteiger partial charge in [-0.05, 0) is 70.5 Å². The van der Waals surface area contributed by atoms with Crippen LogP contribution < -0.4 is 4.74 Å². The summed E-state index contributed by atoms with van der Waals surface area (Å²) in [5.41, 5.74) is -0.567. The van der Waals surface area contributed by atoms with Crippen LogP contribution in [0.3, 0.4) is 0 Å². The number of ether oxygens (including phenoxy) is 1. The third-order valence-corrected chi connectivity index (χ3v) is 7.68. The second-order valence-electron chi connectivity index (χ2n) is 8.56. The molecule has 0 aliphatic carbocycles. The van der Waals surface area contributed by atoms with E-state index in [0.717, 1.165) is 27.5 Å². The maximum atomic E-state index is 12.8. The summed E-state index contributed by atoms with van der Waals surface area (Å²) in [4.78, 5) is 17.7. The molecule has 1 N–H and O–H groups in total. The van der Waals surface area contributed by atoms with E-state index in [9.17, 15) is 23.1 Å². The van der Waals surface area contributed by atoms with E-state index in [1.54, 1.807) is 24.0 Å². The number of thioether (sulfide) groups is 1. The van der Waals surface area contributed by atoms with Crippen LogP contribution in [0.25, 0.3) is 10.6 Å². The normalized spacial score (nSPS) is 12.6. The second-order valence-corrected chi connectivity index (χ2v) is 11.3. The molecular formula is C24H24F3NO3S2. The van der Waals surface area contributed by atoms with Crippen molar-refractivity contribution < 1.29 is 27.8 Å². The van der Waals surface area contributed by atoms with Gasteiger partial charge in [0.1, 0.15) is 10.8 Å². The van der Waals surface area contributed by atoms with Gasteiger partial charge in [-0.3, -0.25) is 0 Å². The Morgan fingerprint density at radius 2 is 1.70 bits per heavy atom. The number of rotatable bonds is 7. The number of hydrogen-bond donors (Lipinski definition) is 1. The highest BCUT2D eigenvalue weighted by Crippen LogP contribution is 2.45. The number of aromatic nitrogens is 1. The molecule has 0 spiro atoms. The standard InChI is InChI=1S/C24H24F3NO3S2/c1-14-12-17(10-11-18(14)31-22(2,3)21(29)30)33-23(4,5)19-13-28-20(32-19)15-6-8-16(9-7-15)24(25,26)27/h6-13H,1-5H3,(H,29,30). The number of aryl methyl sites for hydroxylation is 1. The molecule has 4 nitrogen and oxygen atoms in total. The molecule has 0 atom stereocenters. The van der Waals surface area contributed by atoms with E-state index in [1.807, 2.05) is 19.1 Å². The zero-order valence-electron chi connectivity index (χ0n) is 18.8. The molecule has 0 aliphatic rings. The first kappa shape index (κ1) is 25.1. The number of halogens is 3. The lowest BCUT2D eigenvalue weighted by Gasteiger charge is -2.25. The molecule has 2 aromatic carbocycles. The quantitative estimate of drug-likeness (QED) is 0.346. The predicted molar refractivity (Wildman–Crippen MR) is 125 cm³/mol. The monoisotopic (exact) mass is 495 g/mol. The van der Waals surface area contributed by atoms with Crippen molar-refractivity contribution in [2.45, 2.75) is 56.0 Å². The molecule has 33 heavy (non-hydrogen) atoms. The van der Waals surface area contributed by atoms with Crippen molar-refractivity contribution in [3.63, 3.8) is 0 Å². The lowest BCUT2D eigenvalue weighted by Crippen LogP contribution is -2.38. The van der Waals surface area contributed by atoms with Crippen molar-refractivity contribution in [3.8, 4) is 16.3 Å². The highest BCUT2D eigenvalue weighted by Gasteiger charge is 2.31. The van der Waals surface area contributed by atoms with Gasteiger partial charge in [0, 0.05) is 21.5 Å². The van der Waals surface area contributed by atoms with Gasteiger partial charge in [-0.2, -0.15) is 13.2 Å². The fourth-order valence-corrected chi connectivity index (χ4v) is 5.23. The van der Waals surface area contributed by atoms with E-state index in [0.29, 0.717) is 16.3 Å². The van der Waals surface area contributed by atoms with Gasteiger partial charge in [-0.15, -0.1) is 23.1 Å². The molecule has 0 bridgehead atoms. The van der Waals surface area contributed by atoms with Gasteiger partial charge in [0.2, 0.25) is 0 Å². The lowest BCUT2D eigenvalue weighted by atomic mass is 10.1. The summed E-state index contributed by atoms with van der Waals surface area (Å²) < 4.78 is 43.7. The molecule has 0 saturated heterocycles. The van der Waals surface area contributed by atoms with Crippen molar-refractivity contribution in [1.29, 1.82) is 0 Å². The number of nitrogens with zero attached hydrogens (tertiary/aromatic N) is 1. The van der Waals surface area contributed by atoms with Gasteiger partial charge < -0.3 is 9.84 Å². The van der Waals surface area contributed by atoms with Gasteiger partial charge in [0.15, 0.2) is 5.60 Å². The van der Waals surface area contributed by atoms with Crippen LogP contribution in [0.1, 0.15) is 43.7 Å². The summed E-state index contributed by atoms with van der Waals surface area (Å²) in [6.45, 7) is 8.96. The molecular weight excluding hydrogens is 471 g/mol. The van der Waals surface area contributed by atoms with Crippen LogP contribution in [-0.2, 0) is 15.7 Å². The number of hydrogen-bond acceptors (Lipinski definition) is 5. The summed E-state index contributed by atoms with van der Waals surface area (Å²) in [5.74, 6) is -0.539. The zero-order chi connectivity index (χ0) is 24.6. The van der Waals surface area contributed by atoms with E-state index in [2.05, 4.69) is 18.8 Å². The highest BCUT2D eigenvalue weighted by molar-refractivity contribution is 8.00. The maximum Gasteiger partial charge on any atom is 0.416 e. The smallest absolute Gasteiger partial charge is 0.416 e. The fraction of sp³-hybridized carbons (Fsp3) is 0.333. The van der Waals surface area contributed by atoms with Crippen LogP contribution in [0, 0.1) is 6.92 Å². The summed E-state index contributed by atoms with van der Waals surface area (Å²) in [6, 6.07) is 10.6. The van der Waals surface area contributed by atoms with Gasteiger partial charge in [0.25, 0.3) is 0 Å². The summed E-state index contributed by atoms with van der Waals surface area (Å²) in [5, 5.41) is 9.93. The minimum Gasteiger partial charge on any atom is -0.478 e. The largest absolute Gasteiger partial charge is 0.478 e. The average Bonchev–Trinajstić information content (AvgIpc) is 3.20. The molecule has 1 aromatic heterocycles. The number of carboxylic acids is 1. The van der Waals surface area contributed by atoms with Gasteiger partial charge in [-0.25, -0.2) is 9.78 Å². The third kappa shape index (κ3) is 5.89. The minimum atomic E-state index is -4.37. The maximum absolute atomic E-state index is 12.8. The van der Waals surface area contributed by atoms with E-state index < -0.39 is 23.3 Å². The second kappa shape index (κ2) is 9.02. The molecule has 1 heterocycles. The number of aliphatic carboxylic acids is 1. The van der Waals surface area contributed by atoms with Gasteiger partial charge in [-0.1, -0.05) is 12.1 Å². The number of thiazole rings is 1. The van der Waals surface area contributed by atoms with Crippen molar-refractivity contribution in [2.75, 3.05) is 0 Å². The van der Waals surface area contributed by atoms with Gasteiger partial charge >= 0.3 is 12.1 Å². The van der Waals surface area contributed by atoms with E-state index in [4.69, 9.17) is 4.74 Å². The van der Waals surface area contributed by atoms with E-state index in [-0.39, 0.29) is 4.75 Å². The molecule has 0 radical (unpaired) electrons. The Bertz CT molecular complexity index is 1150. The lowest BCUT2D eigenvalue weighted by molar-refractivity contribution is -0.152. The molecule has 176 valence electrons. The number of carboxylic acid groups (broad SMARTS) is 1. The van der Waals surface area contributed by atoms with Crippen LogP contribution in [0.2, 0.25) is 0 Å². The summed E-state index contributed by atoms with van der Waals surface area (Å²) in [6.07, 6.45) is -2.61. The SMILES string of the molecule is Cc1cc(SC(C)(C)c2cnc(-c3ccc(C(F)(F)F)cc3)s2)ccc1OC(C)(C)C(=O)O. The topological polar surface area (TPSA) is 59.4 Å². The Morgan fingerprint density at radius 1 is 1.06 bits per heavy atom. The Kier molecular flexibility index (Phi) is 6.87. The Labute approximate surface area is 198 Å². The van der Waals surface area contributed by atoms with Crippen LogP contribution in [-0.4, -0.2) is 21.7 Å². The Balaban J connectivity index is 1.77. The van der Waals surface area contributed by atoms with Gasteiger partial charge in [0.05, 0.1) is 10.3 Å². The van der Waals surface area contributed by atoms with Crippen LogP contribution in [0.4, 0.5) is 13.2 Å². The Hall–Kier alpha value is -2.52. The van der Waals surface area contributed by atoms with Crippen molar-refractivity contribution in [3.05, 3.63) is 64.7 Å². The predicted octanol–water partition coefficient (Wildman–Crippen LogP) is 7.41. The fourth-order valence-electron chi connectivity index (χ4n) is 2.95. The zero-order valence-corrected chi connectivity index (χ0v) is 20.4. The Morgan fingerprint density at radius 3 is 2.24 bits per heavy atom.